The number of nitrogens with two attached hydrogens (primary N) is 1. The van der Waals surface area contributed by atoms with E-state index in [4.69, 9.17) is 11.0 Å². The van der Waals surface area contributed by atoms with Crippen molar-refractivity contribution in [1.82, 2.24) is 19.9 Å². The predicted molar refractivity (Wildman–Crippen MR) is 109 cm³/mol. The molecule has 2 aromatic heterocycles. The number of nitrogen functional groups attached to an aromatic ring is 1. The van der Waals surface area contributed by atoms with Crippen LogP contribution in [-0.4, -0.2) is 27.1 Å². The largest absolute Gasteiger partial charge is 0.382 e. The Morgan fingerprint density at radius 2 is 2.07 bits per heavy atom. The van der Waals surface area contributed by atoms with E-state index in [0.29, 0.717) is 30.2 Å². The van der Waals surface area contributed by atoms with Crippen molar-refractivity contribution < 1.29 is 4.79 Å². The van der Waals surface area contributed by atoms with E-state index in [1.165, 1.54) is 0 Å². The third-order valence-electron chi connectivity index (χ3n) is 4.68. The highest BCUT2D eigenvalue weighted by atomic mass is 16.2. The Kier molecular flexibility index (Phi) is 5.45. The van der Waals surface area contributed by atoms with Gasteiger partial charge in [0.1, 0.15) is 11.3 Å². The lowest BCUT2D eigenvalue weighted by atomic mass is 10.2. The molecule has 0 fully saturated rings. The van der Waals surface area contributed by atoms with Crippen LogP contribution >= 0.6 is 0 Å². The minimum atomic E-state index is -0.303. The van der Waals surface area contributed by atoms with Crippen molar-refractivity contribution >= 4 is 28.6 Å². The van der Waals surface area contributed by atoms with Crippen LogP contribution in [0.4, 0.5) is 16.3 Å². The summed E-state index contributed by atoms with van der Waals surface area (Å²) in [5.41, 5.74) is 10.8. The molecule has 28 heavy (non-hydrogen) atoms. The lowest BCUT2D eigenvalue weighted by Crippen LogP contribution is -2.30. The van der Waals surface area contributed by atoms with Crippen LogP contribution < -0.4 is 16.4 Å². The topological polar surface area (TPSA) is 122 Å². The Morgan fingerprint density at radius 1 is 1.29 bits per heavy atom. The highest BCUT2D eigenvalue weighted by molar-refractivity contribution is 5.89. The lowest BCUT2D eigenvalue weighted by Gasteiger charge is -2.11. The number of nitriles is 1. The molecule has 0 spiro atoms. The number of imidazole rings is 1. The zero-order chi connectivity index (χ0) is 20.3. The highest BCUT2D eigenvalue weighted by Crippen LogP contribution is 2.25. The first kappa shape index (κ1) is 19.2. The summed E-state index contributed by atoms with van der Waals surface area (Å²) in [6.45, 7) is 7.10. The number of carbonyl (C=O) groups excluding carboxylic acids is 1. The van der Waals surface area contributed by atoms with E-state index < -0.39 is 0 Å². The number of rotatable bonds is 5. The molecule has 0 aliphatic carbocycles. The van der Waals surface area contributed by atoms with Gasteiger partial charge in [-0.05, 0) is 51.0 Å². The minimum Gasteiger partial charge on any atom is -0.382 e. The van der Waals surface area contributed by atoms with E-state index in [0.717, 1.165) is 34.5 Å². The molecule has 3 aromatic rings. The number of amides is 2. The van der Waals surface area contributed by atoms with Gasteiger partial charge in [-0.3, -0.25) is 0 Å². The molecule has 0 aliphatic heterocycles. The van der Waals surface area contributed by atoms with Gasteiger partial charge in [0.15, 0.2) is 5.82 Å². The number of hydrogen-bond donors (Lipinski definition) is 3. The fraction of sp³-hybridized carbons (Fsp3) is 0.300. The molecule has 0 unspecified atom stereocenters. The number of benzene rings is 1. The number of fused-ring (bicyclic) bond motifs is 1. The molecular formula is C20H23N7O. The van der Waals surface area contributed by atoms with Crippen molar-refractivity contribution in [3.63, 3.8) is 0 Å². The van der Waals surface area contributed by atoms with Crippen LogP contribution in [0, 0.1) is 32.1 Å². The second-order valence-corrected chi connectivity index (χ2v) is 6.64. The lowest BCUT2D eigenvalue weighted by molar-refractivity contribution is 0.252. The number of nitrogens with one attached hydrogen (secondary N) is 2. The minimum absolute atomic E-state index is 0.303. The summed E-state index contributed by atoms with van der Waals surface area (Å²) in [6.07, 6.45) is 0.735. The normalized spacial score (nSPS) is 10.6. The van der Waals surface area contributed by atoms with E-state index in [2.05, 4.69) is 25.2 Å². The Balaban J connectivity index is 1.60. The molecule has 8 heteroatoms. The summed E-state index contributed by atoms with van der Waals surface area (Å²) < 4.78 is 2.12. The number of anilines is 2. The summed E-state index contributed by atoms with van der Waals surface area (Å²) >= 11 is 0. The van der Waals surface area contributed by atoms with Gasteiger partial charge in [-0.15, -0.1) is 0 Å². The third-order valence-corrected chi connectivity index (χ3v) is 4.68. The average Bonchev–Trinajstić information content (AvgIpc) is 3.00. The van der Waals surface area contributed by atoms with Gasteiger partial charge in [-0.25, -0.2) is 14.8 Å². The SMILES string of the molecule is Cc1nc(N)c2nc(C)n(CCCNC(=O)Nc3cccc(C#N)c3)c2c1C. The van der Waals surface area contributed by atoms with Gasteiger partial charge >= 0.3 is 6.03 Å². The molecule has 0 aliphatic rings. The van der Waals surface area contributed by atoms with Crippen LogP contribution in [-0.2, 0) is 6.54 Å². The smallest absolute Gasteiger partial charge is 0.319 e. The zero-order valence-electron chi connectivity index (χ0n) is 16.2. The predicted octanol–water partition coefficient (Wildman–Crippen LogP) is 3.02. The molecule has 2 amide bonds. The molecule has 4 N–H and O–H groups in total. The molecule has 8 nitrogen and oxygen atoms in total. The van der Waals surface area contributed by atoms with Gasteiger partial charge in [-0.2, -0.15) is 5.26 Å². The van der Waals surface area contributed by atoms with E-state index >= 15 is 0 Å². The van der Waals surface area contributed by atoms with Crippen LogP contribution in [0.15, 0.2) is 24.3 Å². The second-order valence-electron chi connectivity index (χ2n) is 6.64. The first-order valence-corrected chi connectivity index (χ1v) is 9.05. The molecule has 0 bridgehead atoms. The highest BCUT2D eigenvalue weighted by Gasteiger charge is 2.15. The number of carbonyl (C=O) groups is 1. The first-order valence-electron chi connectivity index (χ1n) is 9.05. The monoisotopic (exact) mass is 377 g/mol. The van der Waals surface area contributed by atoms with Gasteiger partial charge in [0.05, 0.1) is 17.1 Å². The van der Waals surface area contributed by atoms with Crippen molar-refractivity contribution in [2.75, 3.05) is 17.6 Å². The summed E-state index contributed by atoms with van der Waals surface area (Å²) in [6, 6.07) is 8.53. The first-order chi connectivity index (χ1) is 13.4. The number of hydrogen-bond acceptors (Lipinski definition) is 5. The Labute approximate surface area is 163 Å². The number of nitrogens with zero attached hydrogens (tertiary/aromatic N) is 4. The number of aromatic nitrogens is 3. The molecule has 0 saturated heterocycles. The molecule has 0 saturated carbocycles. The number of pyridine rings is 1. The van der Waals surface area contributed by atoms with E-state index in [1.807, 2.05) is 26.8 Å². The van der Waals surface area contributed by atoms with E-state index in [-0.39, 0.29) is 6.03 Å². The van der Waals surface area contributed by atoms with Gasteiger partial charge in [0, 0.05) is 24.5 Å². The van der Waals surface area contributed by atoms with Crippen LogP contribution in [0.1, 0.15) is 29.1 Å². The fourth-order valence-electron chi connectivity index (χ4n) is 3.17. The average molecular weight is 377 g/mol. The van der Waals surface area contributed by atoms with Crippen molar-refractivity contribution in [2.45, 2.75) is 33.7 Å². The third kappa shape index (κ3) is 3.88. The van der Waals surface area contributed by atoms with Gasteiger partial charge in [0.2, 0.25) is 0 Å². The molecule has 2 heterocycles. The quantitative estimate of drug-likeness (QED) is 0.590. The molecule has 0 atom stereocenters. The maximum atomic E-state index is 12.0. The molecular weight excluding hydrogens is 354 g/mol. The summed E-state index contributed by atoms with van der Waals surface area (Å²) in [5.74, 6) is 1.31. The van der Waals surface area contributed by atoms with Crippen molar-refractivity contribution in [2.24, 2.45) is 0 Å². The van der Waals surface area contributed by atoms with Crippen LogP contribution in [0.2, 0.25) is 0 Å². The maximum absolute atomic E-state index is 12.0. The molecule has 0 radical (unpaired) electrons. The van der Waals surface area contributed by atoms with Gasteiger partial charge < -0.3 is 20.9 Å². The van der Waals surface area contributed by atoms with Crippen molar-refractivity contribution in [1.29, 1.82) is 5.26 Å². The zero-order valence-corrected chi connectivity index (χ0v) is 16.2. The summed E-state index contributed by atoms with van der Waals surface area (Å²) in [4.78, 5) is 20.9. The van der Waals surface area contributed by atoms with Crippen molar-refractivity contribution in [3.8, 4) is 6.07 Å². The number of aryl methyl sites for hydroxylation is 4. The Bertz CT molecular complexity index is 1080. The molecule has 144 valence electrons. The van der Waals surface area contributed by atoms with Crippen LogP contribution in [0.3, 0.4) is 0 Å². The summed E-state index contributed by atoms with van der Waals surface area (Å²) in [7, 11) is 0. The van der Waals surface area contributed by atoms with Crippen molar-refractivity contribution in [3.05, 3.63) is 46.9 Å². The standard InChI is InChI=1S/C20H23N7O/c1-12-13(2)24-19(22)17-18(12)27(14(3)25-17)9-5-8-23-20(28)26-16-7-4-6-15(10-16)11-21/h4,6-7,10H,5,8-9H2,1-3H3,(H2,22,24)(H2,23,26,28). The number of urea groups is 1. The fourth-order valence-corrected chi connectivity index (χ4v) is 3.17. The van der Waals surface area contributed by atoms with E-state index in [1.54, 1.807) is 24.3 Å². The van der Waals surface area contributed by atoms with Crippen LogP contribution in [0.25, 0.3) is 11.0 Å². The van der Waals surface area contributed by atoms with Crippen LogP contribution in [0.5, 0.6) is 0 Å². The second kappa shape index (κ2) is 7.96. The molecule has 1 aromatic carbocycles. The molecule has 3 rings (SSSR count). The Morgan fingerprint density at radius 3 is 2.82 bits per heavy atom. The summed E-state index contributed by atoms with van der Waals surface area (Å²) in [5, 5.41) is 14.5. The van der Waals surface area contributed by atoms with Gasteiger partial charge in [0.25, 0.3) is 0 Å². The van der Waals surface area contributed by atoms with E-state index in [9.17, 15) is 4.79 Å². The maximum Gasteiger partial charge on any atom is 0.319 e. The van der Waals surface area contributed by atoms with Gasteiger partial charge in [-0.1, -0.05) is 6.07 Å². The Hall–Kier alpha value is -3.60.